The maximum absolute atomic E-state index is 11.0. The van der Waals surface area contributed by atoms with Crippen molar-refractivity contribution < 1.29 is 15.0 Å². The molecule has 1 atom stereocenters. The molecule has 1 unspecified atom stereocenters. The number of H-pyrrole nitrogens is 1. The fraction of sp³-hybridized carbons (Fsp3) is 0.167. The quantitative estimate of drug-likeness (QED) is 0.789. The van der Waals surface area contributed by atoms with E-state index in [2.05, 4.69) is 10.2 Å². The van der Waals surface area contributed by atoms with Gasteiger partial charge in [0, 0.05) is 10.9 Å². The Kier molecular flexibility index (Phi) is 3.64. The zero-order valence-corrected chi connectivity index (χ0v) is 10.1. The van der Waals surface area contributed by atoms with Gasteiger partial charge in [0.25, 0.3) is 0 Å². The number of benzene rings is 1. The summed E-state index contributed by atoms with van der Waals surface area (Å²) in [5.74, 6) is -1.57. The average molecular weight is 267 g/mol. The highest BCUT2D eigenvalue weighted by Gasteiger charge is 2.22. The molecule has 94 valence electrons. The number of carboxylic acid groups (broad SMARTS) is 1. The number of carboxylic acids is 1. The van der Waals surface area contributed by atoms with Crippen LogP contribution in [0.15, 0.2) is 30.5 Å². The summed E-state index contributed by atoms with van der Waals surface area (Å²) in [7, 11) is 0. The number of hydrogen-bond acceptors (Lipinski definition) is 3. The standard InChI is InChI=1S/C12H11ClN2O3/c13-8-3-1-2-7(4-8)10(6-16)11-9(12(17)18)5-14-15-11/h1-5,10,16H,6H2,(H,14,15)(H,17,18). The van der Waals surface area contributed by atoms with Crippen molar-refractivity contribution in [3.05, 3.63) is 52.3 Å². The van der Waals surface area contributed by atoms with Gasteiger partial charge in [0.05, 0.1) is 18.5 Å². The molecule has 0 aliphatic carbocycles. The lowest BCUT2D eigenvalue weighted by atomic mass is 9.94. The number of nitrogens with zero attached hydrogens (tertiary/aromatic N) is 1. The SMILES string of the molecule is O=C(O)c1cn[nH]c1C(CO)c1cccc(Cl)c1. The second-order valence-electron chi connectivity index (χ2n) is 3.79. The predicted molar refractivity (Wildman–Crippen MR) is 65.9 cm³/mol. The van der Waals surface area contributed by atoms with Crippen LogP contribution in [0.5, 0.6) is 0 Å². The smallest absolute Gasteiger partial charge is 0.339 e. The van der Waals surface area contributed by atoms with Crippen molar-refractivity contribution in [2.75, 3.05) is 6.61 Å². The third-order valence-corrected chi connectivity index (χ3v) is 2.92. The number of aliphatic hydroxyl groups excluding tert-OH is 1. The fourth-order valence-electron chi connectivity index (χ4n) is 1.82. The van der Waals surface area contributed by atoms with Crippen LogP contribution in [0.3, 0.4) is 0 Å². The molecule has 0 saturated heterocycles. The molecule has 1 heterocycles. The normalized spacial score (nSPS) is 12.3. The minimum absolute atomic E-state index is 0.0500. The van der Waals surface area contributed by atoms with E-state index < -0.39 is 11.9 Å². The molecular weight excluding hydrogens is 256 g/mol. The molecule has 0 fully saturated rings. The Hall–Kier alpha value is -1.85. The molecule has 0 spiro atoms. The van der Waals surface area contributed by atoms with E-state index in [0.717, 1.165) is 5.56 Å². The molecule has 0 radical (unpaired) electrons. The fourth-order valence-corrected chi connectivity index (χ4v) is 2.02. The van der Waals surface area contributed by atoms with Crippen LogP contribution in [-0.4, -0.2) is 33.0 Å². The van der Waals surface area contributed by atoms with Crippen LogP contribution in [0.2, 0.25) is 5.02 Å². The van der Waals surface area contributed by atoms with Gasteiger partial charge >= 0.3 is 5.97 Å². The molecule has 1 aromatic heterocycles. The highest BCUT2D eigenvalue weighted by Crippen LogP contribution is 2.27. The van der Waals surface area contributed by atoms with Crippen molar-refractivity contribution in [1.82, 2.24) is 10.2 Å². The molecule has 2 rings (SSSR count). The van der Waals surface area contributed by atoms with E-state index >= 15 is 0 Å². The lowest BCUT2D eigenvalue weighted by Crippen LogP contribution is -2.11. The number of halogens is 1. The summed E-state index contributed by atoms with van der Waals surface area (Å²) >= 11 is 5.89. The van der Waals surface area contributed by atoms with Gasteiger partial charge < -0.3 is 10.2 Å². The zero-order valence-electron chi connectivity index (χ0n) is 9.30. The summed E-state index contributed by atoms with van der Waals surface area (Å²) < 4.78 is 0. The van der Waals surface area contributed by atoms with E-state index in [-0.39, 0.29) is 12.2 Å². The lowest BCUT2D eigenvalue weighted by molar-refractivity contribution is 0.0695. The van der Waals surface area contributed by atoms with E-state index in [9.17, 15) is 9.90 Å². The Labute approximate surface area is 108 Å². The van der Waals surface area contributed by atoms with E-state index in [0.29, 0.717) is 10.7 Å². The topological polar surface area (TPSA) is 86.2 Å². The number of carbonyl (C=O) groups is 1. The van der Waals surface area contributed by atoms with Gasteiger partial charge in [0.1, 0.15) is 5.56 Å². The molecular formula is C12H11ClN2O3. The van der Waals surface area contributed by atoms with Gasteiger partial charge in [-0.3, -0.25) is 5.10 Å². The summed E-state index contributed by atoms with van der Waals surface area (Å²) in [6.07, 6.45) is 1.23. The van der Waals surface area contributed by atoms with Gasteiger partial charge in [-0.05, 0) is 17.7 Å². The Morgan fingerprint density at radius 2 is 2.28 bits per heavy atom. The van der Waals surface area contributed by atoms with Crippen molar-refractivity contribution in [1.29, 1.82) is 0 Å². The van der Waals surface area contributed by atoms with Crippen LogP contribution in [0.1, 0.15) is 27.5 Å². The predicted octanol–water partition coefficient (Wildman–Crippen LogP) is 1.89. The van der Waals surface area contributed by atoms with E-state index in [1.54, 1.807) is 24.3 Å². The molecule has 2 aromatic rings. The Balaban J connectivity index is 2.45. The molecule has 6 heteroatoms. The number of aromatic carboxylic acids is 1. The highest BCUT2D eigenvalue weighted by molar-refractivity contribution is 6.30. The van der Waals surface area contributed by atoms with Crippen LogP contribution in [0.4, 0.5) is 0 Å². The maximum Gasteiger partial charge on any atom is 0.339 e. The molecule has 1 aromatic carbocycles. The number of hydrogen-bond donors (Lipinski definition) is 3. The van der Waals surface area contributed by atoms with Crippen LogP contribution in [0, 0.1) is 0 Å². The maximum atomic E-state index is 11.0. The molecule has 0 saturated carbocycles. The van der Waals surface area contributed by atoms with Crippen molar-refractivity contribution in [3.8, 4) is 0 Å². The van der Waals surface area contributed by atoms with Crippen molar-refractivity contribution >= 4 is 17.6 Å². The second kappa shape index (κ2) is 5.20. The third-order valence-electron chi connectivity index (χ3n) is 2.68. The highest BCUT2D eigenvalue weighted by atomic mass is 35.5. The Morgan fingerprint density at radius 1 is 1.50 bits per heavy atom. The summed E-state index contributed by atoms with van der Waals surface area (Å²) in [4.78, 5) is 11.0. The number of rotatable bonds is 4. The number of aromatic amines is 1. The van der Waals surface area contributed by atoms with Crippen molar-refractivity contribution in [2.24, 2.45) is 0 Å². The summed E-state index contributed by atoms with van der Waals surface area (Å²) in [5.41, 5.74) is 1.15. The molecule has 0 aliphatic heterocycles. The largest absolute Gasteiger partial charge is 0.478 e. The molecule has 0 bridgehead atoms. The van der Waals surface area contributed by atoms with Crippen LogP contribution < -0.4 is 0 Å². The monoisotopic (exact) mass is 266 g/mol. The Morgan fingerprint density at radius 3 is 2.89 bits per heavy atom. The van der Waals surface area contributed by atoms with E-state index in [1.165, 1.54) is 6.20 Å². The van der Waals surface area contributed by atoms with Crippen LogP contribution >= 0.6 is 11.6 Å². The van der Waals surface area contributed by atoms with Gasteiger partial charge in [-0.2, -0.15) is 5.10 Å². The van der Waals surface area contributed by atoms with Crippen molar-refractivity contribution in [2.45, 2.75) is 5.92 Å². The first-order valence-electron chi connectivity index (χ1n) is 5.26. The first kappa shape index (κ1) is 12.6. The average Bonchev–Trinajstić information content (AvgIpc) is 2.79. The molecule has 0 aliphatic rings. The van der Waals surface area contributed by atoms with Crippen molar-refractivity contribution in [3.63, 3.8) is 0 Å². The minimum atomic E-state index is -1.08. The Bertz CT molecular complexity index is 568. The van der Waals surface area contributed by atoms with Gasteiger partial charge in [-0.25, -0.2) is 4.79 Å². The minimum Gasteiger partial charge on any atom is -0.478 e. The molecule has 3 N–H and O–H groups in total. The van der Waals surface area contributed by atoms with Gasteiger partial charge in [-0.15, -0.1) is 0 Å². The van der Waals surface area contributed by atoms with Crippen LogP contribution in [-0.2, 0) is 0 Å². The molecule has 18 heavy (non-hydrogen) atoms. The summed E-state index contributed by atoms with van der Waals surface area (Å²) in [5, 5.41) is 25.4. The first-order valence-corrected chi connectivity index (χ1v) is 5.64. The van der Waals surface area contributed by atoms with E-state index in [4.69, 9.17) is 16.7 Å². The number of aromatic nitrogens is 2. The second-order valence-corrected chi connectivity index (χ2v) is 4.23. The number of nitrogens with one attached hydrogen (secondary N) is 1. The van der Waals surface area contributed by atoms with Gasteiger partial charge in [0.15, 0.2) is 0 Å². The van der Waals surface area contributed by atoms with Gasteiger partial charge in [0.2, 0.25) is 0 Å². The van der Waals surface area contributed by atoms with Gasteiger partial charge in [-0.1, -0.05) is 23.7 Å². The summed E-state index contributed by atoms with van der Waals surface area (Å²) in [6, 6.07) is 6.93. The zero-order chi connectivity index (χ0) is 13.1. The van der Waals surface area contributed by atoms with E-state index in [1.807, 2.05) is 0 Å². The number of aliphatic hydroxyl groups is 1. The summed E-state index contributed by atoms with van der Waals surface area (Å²) in [6.45, 7) is -0.233. The third kappa shape index (κ3) is 2.37. The van der Waals surface area contributed by atoms with Crippen LogP contribution in [0.25, 0.3) is 0 Å². The lowest BCUT2D eigenvalue weighted by Gasteiger charge is -2.14. The molecule has 5 nitrogen and oxygen atoms in total. The first-order chi connectivity index (χ1) is 8.63. The molecule has 0 amide bonds.